The van der Waals surface area contributed by atoms with Gasteiger partial charge in [0.2, 0.25) is 0 Å². The Balaban J connectivity index is 2.22. The first-order chi connectivity index (χ1) is 10.4. The summed E-state index contributed by atoms with van der Waals surface area (Å²) in [6, 6.07) is 4.31. The Morgan fingerprint density at radius 1 is 1.45 bits per heavy atom. The smallest absolute Gasteiger partial charge is 0.313 e. The van der Waals surface area contributed by atoms with Gasteiger partial charge in [0, 0.05) is 25.8 Å². The van der Waals surface area contributed by atoms with Gasteiger partial charge in [-0.05, 0) is 37.5 Å². The number of carbonyl (C=O) groups excluding carboxylic acids is 1. The van der Waals surface area contributed by atoms with Crippen molar-refractivity contribution < 1.29 is 23.8 Å². The van der Waals surface area contributed by atoms with Gasteiger partial charge in [-0.25, -0.2) is 4.39 Å². The molecule has 0 spiro atoms. The molecule has 1 aromatic rings. The van der Waals surface area contributed by atoms with Crippen molar-refractivity contribution in [2.45, 2.75) is 19.8 Å². The van der Waals surface area contributed by atoms with Gasteiger partial charge in [-0.3, -0.25) is 9.59 Å². The third-order valence-electron chi connectivity index (χ3n) is 4.16. The van der Waals surface area contributed by atoms with Gasteiger partial charge in [0.15, 0.2) is 0 Å². The maximum atomic E-state index is 13.6. The third kappa shape index (κ3) is 3.11. The molecule has 1 amide bonds. The first-order valence-electron chi connectivity index (χ1n) is 7.17. The van der Waals surface area contributed by atoms with Crippen molar-refractivity contribution in [2.24, 2.45) is 5.41 Å². The van der Waals surface area contributed by atoms with Gasteiger partial charge in [0.25, 0.3) is 5.91 Å². The van der Waals surface area contributed by atoms with Gasteiger partial charge in [-0.15, -0.1) is 0 Å². The lowest BCUT2D eigenvalue weighted by atomic mass is 9.80. The summed E-state index contributed by atoms with van der Waals surface area (Å²) in [4.78, 5) is 25.6. The maximum Gasteiger partial charge on any atom is 0.313 e. The molecule has 0 saturated carbocycles. The Labute approximate surface area is 128 Å². The van der Waals surface area contributed by atoms with Crippen molar-refractivity contribution in [1.29, 1.82) is 0 Å². The molecule has 5 nitrogen and oxygen atoms in total. The Kier molecular flexibility index (Phi) is 4.81. The average molecular weight is 309 g/mol. The topological polar surface area (TPSA) is 66.8 Å². The van der Waals surface area contributed by atoms with E-state index < -0.39 is 17.2 Å². The molecule has 6 heteroatoms. The van der Waals surface area contributed by atoms with Crippen LogP contribution in [-0.4, -0.2) is 48.7 Å². The number of carbonyl (C=O) groups is 2. The fraction of sp³-hybridized carbons (Fsp3) is 0.500. The van der Waals surface area contributed by atoms with Gasteiger partial charge < -0.3 is 14.7 Å². The van der Waals surface area contributed by atoms with Crippen LogP contribution in [-0.2, 0) is 9.53 Å². The van der Waals surface area contributed by atoms with Crippen LogP contribution >= 0.6 is 0 Å². The standard InChI is InChI=1S/C16H20FNO4/c1-11-4-5-12(8-13(11)17)14(19)18-7-3-6-16(9-18,10-22-2)15(20)21/h4-5,8H,3,6-7,9-10H2,1-2H3,(H,20,21). The van der Waals surface area contributed by atoms with Crippen LogP contribution in [0.2, 0.25) is 0 Å². The second-order valence-corrected chi connectivity index (χ2v) is 5.81. The number of rotatable bonds is 4. The van der Waals surface area contributed by atoms with E-state index in [1.165, 1.54) is 18.1 Å². The van der Waals surface area contributed by atoms with Crippen LogP contribution in [0.3, 0.4) is 0 Å². The highest BCUT2D eigenvalue weighted by molar-refractivity contribution is 5.94. The van der Waals surface area contributed by atoms with Gasteiger partial charge in [-0.2, -0.15) is 0 Å². The van der Waals surface area contributed by atoms with Gasteiger partial charge in [0.05, 0.1) is 6.61 Å². The first-order valence-corrected chi connectivity index (χ1v) is 7.17. The molecule has 2 rings (SSSR count). The van der Waals surface area contributed by atoms with Crippen molar-refractivity contribution in [3.63, 3.8) is 0 Å². The van der Waals surface area contributed by atoms with E-state index in [9.17, 15) is 19.1 Å². The molecule has 1 atom stereocenters. The van der Waals surface area contributed by atoms with E-state index in [1.807, 2.05) is 0 Å². The number of piperidine rings is 1. The molecule has 1 N–H and O–H groups in total. The predicted octanol–water partition coefficient (Wildman–Crippen LogP) is 2.09. The number of carboxylic acid groups (broad SMARTS) is 1. The van der Waals surface area contributed by atoms with Crippen LogP contribution in [0.4, 0.5) is 4.39 Å². The van der Waals surface area contributed by atoms with Gasteiger partial charge >= 0.3 is 5.97 Å². The molecular formula is C16H20FNO4. The molecule has 1 aliphatic heterocycles. The Hall–Kier alpha value is -1.95. The molecule has 1 saturated heterocycles. The fourth-order valence-electron chi connectivity index (χ4n) is 2.84. The van der Waals surface area contributed by atoms with Crippen LogP contribution in [0.5, 0.6) is 0 Å². The molecule has 0 bridgehead atoms. The van der Waals surface area contributed by atoms with Gasteiger partial charge in [-0.1, -0.05) is 6.07 Å². The zero-order chi connectivity index (χ0) is 16.3. The molecule has 1 aromatic carbocycles. The average Bonchev–Trinajstić information content (AvgIpc) is 2.49. The SMILES string of the molecule is COCC1(C(=O)O)CCCN(C(=O)c2ccc(C)c(F)c2)C1. The molecular weight excluding hydrogens is 289 g/mol. The maximum absolute atomic E-state index is 13.6. The summed E-state index contributed by atoms with van der Waals surface area (Å²) >= 11 is 0. The summed E-state index contributed by atoms with van der Waals surface area (Å²) in [6.45, 7) is 2.21. The quantitative estimate of drug-likeness (QED) is 0.925. The second kappa shape index (κ2) is 6.44. The van der Waals surface area contributed by atoms with Crippen molar-refractivity contribution in [1.82, 2.24) is 4.90 Å². The van der Waals surface area contributed by atoms with Crippen LogP contribution in [0.25, 0.3) is 0 Å². The number of ether oxygens (including phenoxy) is 1. The minimum Gasteiger partial charge on any atom is -0.481 e. The number of likely N-dealkylation sites (tertiary alicyclic amines) is 1. The summed E-state index contributed by atoms with van der Waals surface area (Å²) in [5.41, 5.74) is -0.387. The normalized spacial score (nSPS) is 21.7. The first kappa shape index (κ1) is 16.4. The van der Waals surface area contributed by atoms with Crippen LogP contribution in [0, 0.1) is 18.2 Å². The predicted molar refractivity (Wildman–Crippen MR) is 78.2 cm³/mol. The number of aryl methyl sites for hydroxylation is 1. The molecule has 0 aliphatic carbocycles. The lowest BCUT2D eigenvalue weighted by Gasteiger charge is -2.39. The molecule has 1 heterocycles. The lowest BCUT2D eigenvalue weighted by molar-refractivity contribution is -0.155. The summed E-state index contributed by atoms with van der Waals surface area (Å²) in [5, 5.41) is 9.49. The zero-order valence-corrected chi connectivity index (χ0v) is 12.8. The lowest BCUT2D eigenvalue weighted by Crippen LogP contribution is -2.52. The largest absolute Gasteiger partial charge is 0.481 e. The molecule has 22 heavy (non-hydrogen) atoms. The third-order valence-corrected chi connectivity index (χ3v) is 4.16. The van der Waals surface area contributed by atoms with E-state index in [0.717, 1.165) is 0 Å². The highest BCUT2D eigenvalue weighted by Crippen LogP contribution is 2.31. The fourth-order valence-corrected chi connectivity index (χ4v) is 2.84. The number of aliphatic carboxylic acids is 1. The minimum absolute atomic E-state index is 0.0500. The molecule has 0 radical (unpaired) electrons. The Morgan fingerprint density at radius 2 is 2.18 bits per heavy atom. The monoisotopic (exact) mass is 309 g/mol. The number of hydrogen-bond donors (Lipinski definition) is 1. The summed E-state index contributed by atoms with van der Waals surface area (Å²) in [6.07, 6.45) is 1.04. The van der Waals surface area contributed by atoms with E-state index in [0.29, 0.717) is 24.9 Å². The Morgan fingerprint density at radius 3 is 2.77 bits per heavy atom. The van der Waals surface area contributed by atoms with Crippen LogP contribution < -0.4 is 0 Å². The second-order valence-electron chi connectivity index (χ2n) is 5.81. The number of nitrogens with zero attached hydrogens (tertiary/aromatic N) is 1. The van der Waals surface area contributed by atoms with E-state index >= 15 is 0 Å². The zero-order valence-electron chi connectivity index (χ0n) is 12.8. The number of carboxylic acids is 1. The van der Waals surface area contributed by atoms with E-state index in [4.69, 9.17) is 4.74 Å². The molecule has 1 unspecified atom stereocenters. The number of hydrogen-bond acceptors (Lipinski definition) is 3. The summed E-state index contributed by atoms with van der Waals surface area (Å²) < 4.78 is 18.7. The molecule has 120 valence electrons. The van der Waals surface area contributed by atoms with Crippen LogP contribution in [0.1, 0.15) is 28.8 Å². The highest BCUT2D eigenvalue weighted by Gasteiger charge is 2.44. The minimum atomic E-state index is -1.09. The van der Waals surface area contributed by atoms with Crippen LogP contribution in [0.15, 0.2) is 18.2 Å². The number of methoxy groups -OCH3 is 1. The number of halogens is 1. The van der Waals surface area contributed by atoms with Crippen molar-refractivity contribution in [3.05, 3.63) is 35.1 Å². The van der Waals surface area contributed by atoms with Crippen molar-refractivity contribution in [3.8, 4) is 0 Å². The highest BCUT2D eigenvalue weighted by atomic mass is 19.1. The summed E-state index contributed by atoms with van der Waals surface area (Å²) in [5.74, 6) is -1.76. The Bertz CT molecular complexity index is 586. The van der Waals surface area contributed by atoms with Gasteiger partial charge in [0.1, 0.15) is 11.2 Å². The van der Waals surface area contributed by atoms with E-state index in [2.05, 4.69) is 0 Å². The number of amides is 1. The molecule has 1 fully saturated rings. The van der Waals surface area contributed by atoms with Crippen molar-refractivity contribution >= 4 is 11.9 Å². The van der Waals surface area contributed by atoms with Crippen molar-refractivity contribution in [2.75, 3.05) is 26.8 Å². The summed E-state index contributed by atoms with van der Waals surface area (Å²) in [7, 11) is 1.45. The van der Waals surface area contributed by atoms with E-state index in [-0.39, 0.29) is 24.6 Å². The molecule has 0 aromatic heterocycles. The molecule has 1 aliphatic rings. The number of benzene rings is 1. The van der Waals surface area contributed by atoms with E-state index in [1.54, 1.807) is 19.1 Å².